The van der Waals surface area contributed by atoms with Crippen molar-refractivity contribution in [2.75, 3.05) is 13.7 Å². The highest BCUT2D eigenvalue weighted by Gasteiger charge is 2.08. The van der Waals surface area contributed by atoms with Gasteiger partial charge in [-0.05, 0) is 29.8 Å². The Morgan fingerprint density at radius 1 is 1.38 bits per heavy atom. The van der Waals surface area contributed by atoms with Gasteiger partial charge in [-0.25, -0.2) is 5.43 Å². The highest BCUT2D eigenvalue weighted by Crippen LogP contribution is 2.27. The van der Waals surface area contributed by atoms with Crippen molar-refractivity contribution in [1.29, 1.82) is 0 Å². The largest absolute Gasteiger partial charge is 0.493 e. The zero-order chi connectivity index (χ0) is 17.5. The number of primary amides is 1. The Hall–Kier alpha value is -3.36. The number of methoxy groups -OCH3 is 1. The van der Waals surface area contributed by atoms with Crippen molar-refractivity contribution in [3.05, 3.63) is 41.7 Å². The number of hydrogen-bond acceptors (Lipinski definition) is 6. The van der Waals surface area contributed by atoms with Gasteiger partial charge >= 0.3 is 0 Å². The quantitative estimate of drug-likeness (QED) is 0.549. The van der Waals surface area contributed by atoms with Crippen molar-refractivity contribution in [1.82, 2.24) is 15.2 Å². The van der Waals surface area contributed by atoms with E-state index in [9.17, 15) is 9.59 Å². The Morgan fingerprint density at radius 2 is 2.17 bits per heavy atom. The van der Waals surface area contributed by atoms with E-state index in [2.05, 4.69) is 15.6 Å². The maximum absolute atomic E-state index is 11.8. The van der Waals surface area contributed by atoms with Gasteiger partial charge in [0.25, 0.3) is 11.8 Å². The predicted molar refractivity (Wildman–Crippen MR) is 86.0 cm³/mol. The summed E-state index contributed by atoms with van der Waals surface area (Å²) in [7, 11) is 3.18. The summed E-state index contributed by atoms with van der Waals surface area (Å²) in [6.45, 7) is -0.246. The smallest absolute Gasteiger partial charge is 0.291 e. The van der Waals surface area contributed by atoms with E-state index in [4.69, 9.17) is 15.2 Å². The zero-order valence-electron chi connectivity index (χ0n) is 13.2. The van der Waals surface area contributed by atoms with Crippen molar-refractivity contribution < 1.29 is 19.1 Å². The summed E-state index contributed by atoms with van der Waals surface area (Å²) < 4.78 is 11.9. The first-order chi connectivity index (χ1) is 11.5. The summed E-state index contributed by atoms with van der Waals surface area (Å²) in [5.74, 6) is -0.206. The van der Waals surface area contributed by atoms with Crippen LogP contribution in [0.5, 0.6) is 11.5 Å². The van der Waals surface area contributed by atoms with Gasteiger partial charge in [0.05, 0.1) is 13.3 Å². The molecular weight excluding hydrogens is 314 g/mol. The molecule has 0 atom stereocenters. The van der Waals surface area contributed by atoms with Gasteiger partial charge in [0.1, 0.15) is 0 Å². The third kappa shape index (κ3) is 4.57. The molecule has 0 saturated carbocycles. The van der Waals surface area contributed by atoms with Crippen molar-refractivity contribution in [2.45, 2.75) is 0 Å². The Bertz CT molecular complexity index is 769. The van der Waals surface area contributed by atoms with Gasteiger partial charge in [0.2, 0.25) is 0 Å². The van der Waals surface area contributed by atoms with Crippen molar-refractivity contribution in [2.24, 2.45) is 17.9 Å². The van der Waals surface area contributed by atoms with Gasteiger partial charge in [-0.1, -0.05) is 0 Å². The number of carbonyl (C=O) groups is 2. The lowest BCUT2D eigenvalue weighted by Gasteiger charge is -2.09. The summed E-state index contributed by atoms with van der Waals surface area (Å²) >= 11 is 0. The van der Waals surface area contributed by atoms with E-state index in [0.717, 1.165) is 0 Å². The van der Waals surface area contributed by atoms with E-state index in [1.807, 2.05) is 0 Å². The Balaban J connectivity index is 2.01. The van der Waals surface area contributed by atoms with Crippen molar-refractivity contribution >= 4 is 18.0 Å². The molecular formula is C15H17N5O4. The molecule has 1 aromatic carbocycles. The first kappa shape index (κ1) is 17.0. The average molecular weight is 331 g/mol. The van der Waals surface area contributed by atoms with Gasteiger partial charge in [-0.3, -0.25) is 14.3 Å². The molecule has 0 spiro atoms. The third-order valence-electron chi connectivity index (χ3n) is 2.88. The van der Waals surface area contributed by atoms with Crippen LogP contribution in [0.25, 0.3) is 0 Å². The minimum atomic E-state index is -0.583. The molecule has 2 amide bonds. The van der Waals surface area contributed by atoms with Gasteiger partial charge in [0.15, 0.2) is 23.8 Å². The summed E-state index contributed by atoms with van der Waals surface area (Å²) in [5, 5.41) is 7.83. The van der Waals surface area contributed by atoms with Crippen LogP contribution in [0.3, 0.4) is 0 Å². The molecule has 0 unspecified atom stereocenters. The number of hydrogen-bond donors (Lipinski definition) is 2. The van der Waals surface area contributed by atoms with Gasteiger partial charge in [-0.2, -0.15) is 10.2 Å². The molecule has 1 heterocycles. The molecule has 0 radical (unpaired) electrons. The number of hydrazone groups is 1. The average Bonchev–Trinajstić information content (AvgIpc) is 2.99. The summed E-state index contributed by atoms with van der Waals surface area (Å²) in [6, 6.07) is 6.53. The van der Waals surface area contributed by atoms with E-state index >= 15 is 0 Å². The molecule has 2 aromatic rings. The minimum absolute atomic E-state index is 0.246. The standard InChI is InChI=1S/C15H17N5O4/c1-20-6-5-11(19-20)15(22)18-17-8-10-3-4-12(13(7-10)23-2)24-9-14(16)21/h3-8H,9H2,1-2H3,(H2,16,21)(H,18,22). The highest BCUT2D eigenvalue weighted by molar-refractivity contribution is 5.93. The zero-order valence-corrected chi connectivity index (χ0v) is 13.2. The Kier molecular flexibility index (Phi) is 5.50. The monoisotopic (exact) mass is 331 g/mol. The molecule has 0 fully saturated rings. The molecule has 24 heavy (non-hydrogen) atoms. The molecule has 0 bridgehead atoms. The van der Waals surface area contributed by atoms with Crippen LogP contribution in [0.4, 0.5) is 0 Å². The molecule has 0 aliphatic rings. The first-order valence-corrected chi connectivity index (χ1v) is 6.92. The number of amides is 2. The maximum Gasteiger partial charge on any atom is 0.291 e. The minimum Gasteiger partial charge on any atom is -0.493 e. The van der Waals surface area contributed by atoms with Crippen LogP contribution >= 0.6 is 0 Å². The fourth-order valence-electron chi connectivity index (χ4n) is 1.79. The molecule has 0 aliphatic heterocycles. The Labute approximate surface area is 138 Å². The van der Waals surface area contributed by atoms with Gasteiger partial charge in [0, 0.05) is 13.2 Å². The molecule has 2 rings (SSSR count). The topological polar surface area (TPSA) is 121 Å². The predicted octanol–water partition coefficient (Wildman–Crippen LogP) is 0.0567. The number of carbonyl (C=O) groups excluding carboxylic acids is 2. The number of rotatable bonds is 7. The normalized spacial score (nSPS) is 10.6. The summed E-state index contributed by atoms with van der Waals surface area (Å²) in [4.78, 5) is 22.5. The number of nitrogens with zero attached hydrogens (tertiary/aromatic N) is 3. The summed E-state index contributed by atoms with van der Waals surface area (Å²) in [6.07, 6.45) is 3.11. The number of nitrogens with one attached hydrogen (secondary N) is 1. The van der Waals surface area contributed by atoms with Crippen LogP contribution in [-0.4, -0.2) is 41.5 Å². The fraction of sp³-hybridized carbons (Fsp3) is 0.200. The molecule has 3 N–H and O–H groups in total. The maximum atomic E-state index is 11.8. The molecule has 0 aliphatic carbocycles. The number of aromatic nitrogens is 2. The van der Waals surface area contributed by atoms with Crippen LogP contribution in [0.15, 0.2) is 35.6 Å². The lowest BCUT2D eigenvalue weighted by molar-refractivity contribution is -0.119. The van der Waals surface area contributed by atoms with Gasteiger partial charge in [-0.15, -0.1) is 0 Å². The Morgan fingerprint density at radius 3 is 2.79 bits per heavy atom. The van der Waals surface area contributed by atoms with E-state index in [-0.39, 0.29) is 12.3 Å². The second-order valence-electron chi connectivity index (χ2n) is 4.74. The third-order valence-corrected chi connectivity index (χ3v) is 2.88. The van der Waals surface area contributed by atoms with Crippen LogP contribution < -0.4 is 20.6 Å². The first-order valence-electron chi connectivity index (χ1n) is 6.92. The van der Waals surface area contributed by atoms with E-state index in [1.54, 1.807) is 37.5 Å². The molecule has 9 heteroatoms. The SMILES string of the molecule is COc1cc(C=NNC(=O)c2ccn(C)n2)ccc1OCC(N)=O. The van der Waals surface area contributed by atoms with Gasteiger partial charge < -0.3 is 15.2 Å². The second-order valence-corrected chi connectivity index (χ2v) is 4.74. The molecule has 126 valence electrons. The van der Waals surface area contributed by atoms with Crippen molar-refractivity contribution in [3.8, 4) is 11.5 Å². The molecule has 1 aromatic heterocycles. The van der Waals surface area contributed by atoms with Crippen LogP contribution in [-0.2, 0) is 11.8 Å². The van der Waals surface area contributed by atoms with Crippen LogP contribution in [0.2, 0.25) is 0 Å². The van der Waals surface area contributed by atoms with E-state index < -0.39 is 11.8 Å². The molecule has 9 nitrogen and oxygen atoms in total. The van der Waals surface area contributed by atoms with E-state index in [1.165, 1.54) is 18.0 Å². The van der Waals surface area contributed by atoms with E-state index in [0.29, 0.717) is 17.1 Å². The number of ether oxygens (including phenoxy) is 2. The lowest BCUT2D eigenvalue weighted by atomic mass is 10.2. The summed E-state index contributed by atoms with van der Waals surface area (Å²) in [5.41, 5.74) is 8.34. The fourth-order valence-corrected chi connectivity index (χ4v) is 1.79. The second kappa shape index (κ2) is 7.77. The molecule has 0 saturated heterocycles. The number of nitrogens with two attached hydrogens (primary N) is 1. The van der Waals surface area contributed by atoms with Crippen LogP contribution in [0.1, 0.15) is 16.1 Å². The van der Waals surface area contributed by atoms with Crippen molar-refractivity contribution in [3.63, 3.8) is 0 Å². The number of aryl methyl sites for hydroxylation is 1. The lowest BCUT2D eigenvalue weighted by Crippen LogP contribution is -2.20. The van der Waals surface area contributed by atoms with Crippen LogP contribution in [0, 0.1) is 0 Å². The highest BCUT2D eigenvalue weighted by atomic mass is 16.5. The number of benzene rings is 1.